The molecule has 0 bridgehead atoms. The van der Waals surface area contributed by atoms with Crippen LogP contribution in [0.25, 0.3) is 0 Å². The fraction of sp³-hybridized carbons (Fsp3) is 0.286. The molecule has 0 saturated heterocycles. The maximum Gasteiger partial charge on any atom is 0.227 e. The zero-order valence-corrected chi connectivity index (χ0v) is 13.9. The third kappa shape index (κ3) is 2.67. The Morgan fingerprint density at radius 1 is 1.35 bits per heavy atom. The van der Waals surface area contributed by atoms with Crippen LogP contribution < -0.4 is 0 Å². The number of hydrogen-bond acceptors (Lipinski definition) is 2. The Kier molecular flexibility index (Phi) is 3.94. The van der Waals surface area contributed by atoms with Gasteiger partial charge in [0.25, 0.3) is 0 Å². The Morgan fingerprint density at radius 2 is 2.10 bits per heavy atom. The van der Waals surface area contributed by atoms with Gasteiger partial charge in [-0.2, -0.15) is 0 Å². The Hall–Kier alpha value is -1.14. The number of fused-ring (bicyclic) bond motifs is 1. The normalized spacial score (nSPS) is 14.2. The molecule has 0 unspecified atom stereocenters. The number of hydrogen-bond donors (Lipinski definition) is 1. The van der Waals surface area contributed by atoms with Gasteiger partial charge in [-0.3, -0.25) is 9.78 Å². The lowest BCUT2D eigenvalue weighted by Gasteiger charge is -2.27. The molecule has 104 valence electrons. The van der Waals surface area contributed by atoms with E-state index in [0.29, 0.717) is 13.0 Å². The van der Waals surface area contributed by atoms with Gasteiger partial charge in [0.1, 0.15) is 0 Å². The Balaban J connectivity index is 1.73. The van der Waals surface area contributed by atoms with Gasteiger partial charge >= 0.3 is 0 Å². The number of aromatic amines is 1. The number of rotatable bonds is 2. The molecule has 0 aromatic carbocycles. The molecule has 20 heavy (non-hydrogen) atoms. The molecule has 0 fully saturated rings. The fourth-order valence-corrected chi connectivity index (χ4v) is 3.37. The van der Waals surface area contributed by atoms with Gasteiger partial charge in [-0.25, -0.2) is 0 Å². The summed E-state index contributed by atoms with van der Waals surface area (Å²) in [7, 11) is 0. The van der Waals surface area contributed by atoms with Crippen molar-refractivity contribution in [3.8, 4) is 0 Å². The van der Waals surface area contributed by atoms with Gasteiger partial charge in [0, 0.05) is 43.2 Å². The number of carbonyl (C=O) groups excluding carboxylic acids is 1. The quantitative estimate of drug-likeness (QED) is 0.844. The summed E-state index contributed by atoms with van der Waals surface area (Å²) in [6.07, 6.45) is 4.73. The highest BCUT2D eigenvalue weighted by Crippen LogP contribution is 2.33. The zero-order chi connectivity index (χ0) is 14.1. The van der Waals surface area contributed by atoms with Crippen LogP contribution in [0.5, 0.6) is 0 Å². The van der Waals surface area contributed by atoms with Crippen molar-refractivity contribution in [3.05, 3.63) is 50.4 Å². The van der Waals surface area contributed by atoms with Crippen LogP contribution in [0.4, 0.5) is 0 Å². The fourth-order valence-electron chi connectivity index (χ4n) is 2.42. The van der Waals surface area contributed by atoms with E-state index in [1.165, 1.54) is 11.3 Å². The summed E-state index contributed by atoms with van der Waals surface area (Å²) in [5.41, 5.74) is 3.38. The number of H-pyrrole nitrogens is 1. The number of carbonyl (C=O) groups is 1. The summed E-state index contributed by atoms with van der Waals surface area (Å²) < 4.78 is 1.97. The molecule has 6 heteroatoms. The molecular formula is C14H13Br2N3O. The number of nitrogens with one attached hydrogen (secondary N) is 1. The lowest BCUT2D eigenvalue weighted by atomic mass is 10.1. The molecule has 1 aliphatic heterocycles. The molecule has 0 atom stereocenters. The zero-order valence-electron chi connectivity index (χ0n) is 10.7. The lowest BCUT2D eigenvalue weighted by Crippen LogP contribution is -2.36. The molecule has 0 radical (unpaired) electrons. The van der Waals surface area contributed by atoms with Gasteiger partial charge in [-0.05, 0) is 49.6 Å². The average Bonchev–Trinajstić information content (AvgIpc) is 2.75. The number of pyridine rings is 1. The van der Waals surface area contributed by atoms with Crippen LogP contribution in [-0.4, -0.2) is 27.3 Å². The standard InChI is InChI=1S/C14H13Br2N3O/c15-13-10-8-19(6-3-11(10)18-14(13)16)12(20)7-9-1-4-17-5-2-9/h1-2,4-5,18H,3,6-8H2. The predicted molar refractivity (Wildman–Crippen MR) is 83.3 cm³/mol. The van der Waals surface area contributed by atoms with Gasteiger partial charge in [-0.15, -0.1) is 0 Å². The Morgan fingerprint density at radius 3 is 2.85 bits per heavy atom. The SMILES string of the molecule is O=C(Cc1ccncc1)N1CCc2[nH]c(Br)c(Br)c2C1. The van der Waals surface area contributed by atoms with E-state index in [4.69, 9.17) is 0 Å². The molecular weight excluding hydrogens is 386 g/mol. The monoisotopic (exact) mass is 397 g/mol. The molecule has 2 aromatic rings. The molecule has 1 aliphatic rings. The average molecular weight is 399 g/mol. The van der Waals surface area contributed by atoms with Crippen LogP contribution in [0, 0.1) is 0 Å². The van der Waals surface area contributed by atoms with Crippen molar-refractivity contribution >= 4 is 37.8 Å². The first kappa shape index (κ1) is 13.8. The van der Waals surface area contributed by atoms with Crippen LogP contribution in [-0.2, 0) is 24.2 Å². The highest BCUT2D eigenvalue weighted by molar-refractivity contribution is 9.13. The van der Waals surface area contributed by atoms with E-state index in [1.807, 2.05) is 17.0 Å². The van der Waals surface area contributed by atoms with E-state index < -0.39 is 0 Å². The van der Waals surface area contributed by atoms with Gasteiger partial charge in [0.05, 0.1) is 15.5 Å². The summed E-state index contributed by atoms with van der Waals surface area (Å²) in [6.45, 7) is 1.41. The smallest absolute Gasteiger partial charge is 0.227 e. The molecule has 3 heterocycles. The minimum atomic E-state index is 0.158. The van der Waals surface area contributed by atoms with Gasteiger partial charge in [0.2, 0.25) is 5.91 Å². The van der Waals surface area contributed by atoms with Crippen molar-refractivity contribution in [2.24, 2.45) is 0 Å². The topological polar surface area (TPSA) is 49.0 Å². The molecule has 0 spiro atoms. The summed E-state index contributed by atoms with van der Waals surface area (Å²) >= 11 is 7.03. The molecule has 4 nitrogen and oxygen atoms in total. The van der Waals surface area contributed by atoms with Crippen molar-refractivity contribution in [1.82, 2.24) is 14.9 Å². The van der Waals surface area contributed by atoms with Crippen LogP contribution >= 0.6 is 31.9 Å². The first-order valence-electron chi connectivity index (χ1n) is 6.36. The summed E-state index contributed by atoms with van der Waals surface area (Å²) in [4.78, 5) is 21.5. The first-order chi connectivity index (χ1) is 9.65. The molecule has 0 saturated carbocycles. The van der Waals surface area contributed by atoms with Crippen molar-refractivity contribution < 1.29 is 4.79 Å². The van der Waals surface area contributed by atoms with Crippen LogP contribution in [0.1, 0.15) is 16.8 Å². The number of nitrogens with zero attached hydrogens (tertiary/aromatic N) is 2. The molecule has 0 aliphatic carbocycles. The van der Waals surface area contributed by atoms with Crippen molar-refractivity contribution in [1.29, 1.82) is 0 Å². The third-order valence-corrected chi connectivity index (χ3v) is 5.52. The van der Waals surface area contributed by atoms with E-state index in [0.717, 1.165) is 27.6 Å². The van der Waals surface area contributed by atoms with E-state index in [9.17, 15) is 4.79 Å². The maximum atomic E-state index is 12.4. The third-order valence-electron chi connectivity index (χ3n) is 3.52. The largest absolute Gasteiger partial charge is 0.352 e. The van der Waals surface area contributed by atoms with Crippen LogP contribution in [0.15, 0.2) is 33.6 Å². The first-order valence-corrected chi connectivity index (χ1v) is 7.95. The highest BCUT2D eigenvalue weighted by Gasteiger charge is 2.25. The van der Waals surface area contributed by atoms with Gasteiger partial charge in [0.15, 0.2) is 0 Å². The van der Waals surface area contributed by atoms with Crippen molar-refractivity contribution in [2.45, 2.75) is 19.4 Å². The second kappa shape index (κ2) is 5.69. The maximum absolute atomic E-state index is 12.4. The minimum Gasteiger partial charge on any atom is -0.352 e. The van der Waals surface area contributed by atoms with Crippen molar-refractivity contribution in [2.75, 3.05) is 6.54 Å². The molecule has 2 aromatic heterocycles. The predicted octanol–water partition coefficient (Wildman–Crippen LogP) is 3.06. The van der Waals surface area contributed by atoms with E-state index in [2.05, 4.69) is 41.8 Å². The second-order valence-corrected chi connectivity index (χ2v) is 6.39. The van der Waals surface area contributed by atoms with Gasteiger partial charge < -0.3 is 9.88 Å². The Bertz CT molecular complexity index is 639. The number of amides is 1. The summed E-state index contributed by atoms with van der Waals surface area (Å²) in [5.74, 6) is 0.158. The van der Waals surface area contributed by atoms with Gasteiger partial charge in [-0.1, -0.05) is 0 Å². The van der Waals surface area contributed by atoms with Crippen LogP contribution in [0.3, 0.4) is 0 Å². The van der Waals surface area contributed by atoms with E-state index in [-0.39, 0.29) is 5.91 Å². The van der Waals surface area contributed by atoms with Crippen molar-refractivity contribution in [3.63, 3.8) is 0 Å². The molecule has 1 amide bonds. The number of aromatic nitrogens is 2. The summed E-state index contributed by atoms with van der Waals surface area (Å²) in [5, 5.41) is 0. The molecule has 1 N–H and O–H groups in total. The Labute approximate surface area is 133 Å². The number of halogens is 2. The minimum absolute atomic E-state index is 0.158. The highest BCUT2D eigenvalue weighted by atomic mass is 79.9. The van der Waals surface area contributed by atoms with E-state index in [1.54, 1.807) is 12.4 Å². The lowest BCUT2D eigenvalue weighted by molar-refractivity contribution is -0.131. The van der Waals surface area contributed by atoms with Crippen LogP contribution in [0.2, 0.25) is 0 Å². The van der Waals surface area contributed by atoms with E-state index >= 15 is 0 Å². The second-order valence-electron chi connectivity index (χ2n) is 4.81. The summed E-state index contributed by atoms with van der Waals surface area (Å²) in [6, 6.07) is 3.77. The molecule has 3 rings (SSSR count).